The number of aryl methyl sites for hydroxylation is 1. The Hall–Kier alpha value is -3.42. The van der Waals surface area contributed by atoms with Crippen LogP contribution in [0.5, 0.6) is 0 Å². The van der Waals surface area contributed by atoms with Crippen LogP contribution >= 0.6 is 0 Å². The highest BCUT2D eigenvalue weighted by Crippen LogP contribution is 2.47. The molecule has 1 atom stereocenters. The van der Waals surface area contributed by atoms with Crippen LogP contribution in [0.15, 0.2) is 60.8 Å². The Morgan fingerprint density at radius 1 is 0.975 bits per heavy atom. The lowest BCUT2D eigenvalue weighted by atomic mass is 9.63. The maximum atomic E-state index is 13.8. The van der Waals surface area contributed by atoms with Gasteiger partial charge in [-0.15, -0.1) is 0 Å². The van der Waals surface area contributed by atoms with E-state index in [-0.39, 0.29) is 16.7 Å². The Bertz CT molecular complexity index is 1330. The van der Waals surface area contributed by atoms with Crippen molar-refractivity contribution in [2.24, 2.45) is 0 Å². The molecule has 1 aliphatic carbocycles. The number of benzene rings is 2. The lowest BCUT2D eigenvalue weighted by molar-refractivity contribution is -0.141. The molecule has 1 heterocycles. The number of fused-ring (bicyclic) bond motifs is 1. The van der Waals surface area contributed by atoms with E-state index in [4.69, 9.17) is 0 Å². The van der Waals surface area contributed by atoms with Crippen molar-refractivity contribution < 1.29 is 22.4 Å². The van der Waals surface area contributed by atoms with Gasteiger partial charge in [-0.05, 0) is 89.1 Å². The summed E-state index contributed by atoms with van der Waals surface area (Å²) in [7, 11) is 1.57. The number of carbonyl (C=O) groups is 1. The molecule has 40 heavy (non-hydrogen) atoms. The zero-order valence-electron chi connectivity index (χ0n) is 23.7. The fourth-order valence-electron chi connectivity index (χ4n) is 5.61. The highest BCUT2D eigenvalue weighted by Gasteiger charge is 2.38. The Morgan fingerprint density at radius 2 is 1.62 bits per heavy atom. The lowest BCUT2D eigenvalue weighted by Gasteiger charge is -2.43. The minimum absolute atomic E-state index is 0.0287. The predicted octanol–water partition coefficient (Wildman–Crippen LogP) is 7.52. The number of nitrogens with zero attached hydrogens (tertiary/aromatic N) is 2. The largest absolute Gasteiger partial charge is 0.433 e. The molecule has 0 saturated heterocycles. The number of pyridine rings is 1. The number of carbonyl (C=O) groups excluding carboxylic acids is 1. The third kappa shape index (κ3) is 6.31. The summed E-state index contributed by atoms with van der Waals surface area (Å²) in [5.74, 6) is -0.626. The van der Waals surface area contributed by atoms with Crippen molar-refractivity contribution in [1.29, 1.82) is 0 Å². The molecule has 0 spiro atoms. The van der Waals surface area contributed by atoms with Crippen LogP contribution in [-0.2, 0) is 28.2 Å². The number of aromatic nitrogens is 1. The second-order valence-corrected chi connectivity index (χ2v) is 11.9. The van der Waals surface area contributed by atoms with Crippen LogP contribution < -0.4 is 10.2 Å². The standard InChI is InChI=1S/C32H37F4N3O/c1-30(2)16-17-31(3,4)26-19-24(13-14-25(26)30)39(28(29(40)37-5)22-9-11-23(33)12-10-22)18-6-7-21-8-15-27(38-20-21)32(34,35)36/h8-15,19-20,28H,6-7,16-18H2,1-5H3,(H,37,40). The summed E-state index contributed by atoms with van der Waals surface area (Å²) in [6, 6.07) is 14.0. The van der Waals surface area contributed by atoms with Crippen molar-refractivity contribution in [3.05, 3.63) is 94.6 Å². The number of hydrogen-bond acceptors (Lipinski definition) is 3. The van der Waals surface area contributed by atoms with Crippen molar-refractivity contribution in [3.63, 3.8) is 0 Å². The smallest absolute Gasteiger partial charge is 0.357 e. The molecular formula is C32H37F4N3O. The molecule has 8 heteroatoms. The number of halogens is 4. The topological polar surface area (TPSA) is 45.2 Å². The number of rotatable bonds is 8. The van der Waals surface area contributed by atoms with E-state index in [1.54, 1.807) is 19.2 Å². The molecule has 2 aromatic carbocycles. The van der Waals surface area contributed by atoms with E-state index < -0.39 is 23.7 Å². The highest BCUT2D eigenvalue weighted by atomic mass is 19.4. The van der Waals surface area contributed by atoms with E-state index in [1.807, 2.05) is 11.0 Å². The minimum Gasteiger partial charge on any atom is -0.357 e. The molecule has 0 fully saturated rings. The summed E-state index contributed by atoms with van der Waals surface area (Å²) < 4.78 is 52.6. The first-order valence-corrected chi connectivity index (χ1v) is 13.6. The van der Waals surface area contributed by atoms with Crippen molar-refractivity contribution in [3.8, 4) is 0 Å². The Morgan fingerprint density at radius 3 is 2.20 bits per heavy atom. The van der Waals surface area contributed by atoms with Gasteiger partial charge < -0.3 is 10.2 Å². The second-order valence-electron chi connectivity index (χ2n) is 11.9. The molecule has 1 aromatic heterocycles. The number of anilines is 1. The summed E-state index contributed by atoms with van der Waals surface area (Å²) >= 11 is 0. The van der Waals surface area contributed by atoms with Crippen LogP contribution in [0.25, 0.3) is 0 Å². The van der Waals surface area contributed by atoms with Gasteiger partial charge in [0.25, 0.3) is 0 Å². The average Bonchev–Trinajstić information content (AvgIpc) is 2.91. The van der Waals surface area contributed by atoms with Crippen LogP contribution in [0.1, 0.15) is 80.9 Å². The molecule has 1 amide bonds. The van der Waals surface area contributed by atoms with Gasteiger partial charge in [0.1, 0.15) is 17.6 Å². The number of amides is 1. The fraction of sp³-hybridized carbons (Fsp3) is 0.438. The van der Waals surface area contributed by atoms with Crippen LogP contribution in [0.4, 0.5) is 23.2 Å². The zero-order chi connectivity index (χ0) is 29.3. The molecule has 1 unspecified atom stereocenters. The summed E-state index contributed by atoms with van der Waals surface area (Å²) in [6.45, 7) is 9.43. The Balaban J connectivity index is 1.71. The summed E-state index contributed by atoms with van der Waals surface area (Å²) in [5.41, 5.74) is 3.79. The van der Waals surface area contributed by atoms with Gasteiger partial charge in [-0.2, -0.15) is 13.2 Å². The molecule has 4 nitrogen and oxygen atoms in total. The van der Waals surface area contributed by atoms with Gasteiger partial charge >= 0.3 is 6.18 Å². The fourth-order valence-corrected chi connectivity index (χ4v) is 5.61. The first kappa shape index (κ1) is 29.6. The summed E-state index contributed by atoms with van der Waals surface area (Å²) in [4.78, 5) is 18.9. The van der Waals surface area contributed by atoms with Crippen molar-refractivity contribution in [2.75, 3.05) is 18.5 Å². The Labute approximate surface area is 233 Å². The van der Waals surface area contributed by atoms with E-state index in [1.165, 1.54) is 35.5 Å². The van der Waals surface area contributed by atoms with Crippen molar-refractivity contribution in [1.82, 2.24) is 10.3 Å². The molecular weight excluding hydrogens is 518 g/mol. The normalized spacial score (nSPS) is 16.6. The molecule has 1 N–H and O–H groups in total. The molecule has 0 bridgehead atoms. The monoisotopic (exact) mass is 555 g/mol. The molecule has 0 radical (unpaired) electrons. The predicted molar refractivity (Wildman–Crippen MR) is 150 cm³/mol. The summed E-state index contributed by atoms with van der Waals surface area (Å²) in [5, 5.41) is 2.76. The van der Waals surface area contributed by atoms with E-state index in [2.05, 4.69) is 50.1 Å². The first-order chi connectivity index (χ1) is 18.7. The van der Waals surface area contributed by atoms with E-state index in [9.17, 15) is 22.4 Å². The maximum Gasteiger partial charge on any atom is 0.433 e. The quantitative estimate of drug-likeness (QED) is 0.293. The van der Waals surface area contributed by atoms with Crippen LogP contribution in [-0.4, -0.2) is 24.5 Å². The number of likely N-dealkylation sites (N-methyl/N-ethyl adjacent to an activating group) is 1. The number of alkyl halides is 3. The Kier molecular flexibility index (Phi) is 8.29. The van der Waals surface area contributed by atoms with Crippen LogP contribution in [0.2, 0.25) is 0 Å². The zero-order valence-corrected chi connectivity index (χ0v) is 23.7. The minimum atomic E-state index is -4.49. The lowest BCUT2D eigenvalue weighted by Crippen LogP contribution is -2.41. The van der Waals surface area contributed by atoms with Gasteiger partial charge in [-0.3, -0.25) is 9.78 Å². The average molecular weight is 556 g/mol. The van der Waals surface area contributed by atoms with Crippen LogP contribution in [0.3, 0.4) is 0 Å². The molecule has 3 aromatic rings. The SMILES string of the molecule is CNC(=O)C(c1ccc(F)cc1)N(CCCc1ccc(C(F)(F)F)nc1)c1ccc2c(c1)C(C)(C)CCC2(C)C. The second kappa shape index (κ2) is 11.2. The first-order valence-electron chi connectivity index (χ1n) is 13.6. The molecule has 4 rings (SSSR count). The van der Waals surface area contributed by atoms with E-state index in [0.717, 1.165) is 24.6 Å². The number of nitrogens with one attached hydrogen (secondary N) is 1. The maximum absolute atomic E-state index is 13.8. The van der Waals surface area contributed by atoms with Gasteiger partial charge in [-0.25, -0.2) is 4.39 Å². The van der Waals surface area contributed by atoms with Gasteiger partial charge in [-0.1, -0.05) is 52.0 Å². The van der Waals surface area contributed by atoms with Crippen LogP contribution in [0, 0.1) is 5.82 Å². The van der Waals surface area contributed by atoms with Gasteiger partial charge in [0.15, 0.2) is 0 Å². The highest BCUT2D eigenvalue weighted by molar-refractivity contribution is 5.86. The molecule has 1 aliphatic rings. The third-order valence-corrected chi connectivity index (χ3v) is 8.14. The van der Waals surface area contributed by atoms with Crippen molar-refractivity contribution >= 4 is 11.6 Å². The molecule has 0 aliphatic heterocycles. The number of hydrogen-bond donors (Lipinski definition) is 1. The van der Waals surface area contributed by atoms with E-state index in [0.29, 0.717) is 30.5 Å². The van der Waals surface area contributed by atoms with Gasteiger partial charge in [0.05, 0.1) is 0 Å². The molecule has 214 valence electrons. The van der Waals surface area contributed by atoms with Crippen molar-refractivity contribution in [2.45, 2.75) is 76.4 Å². The molecule has 0 saturated carbocycles. The van der Waals surface area contributed by atoms with E-state index >= 15 is 0 Å². The summed E-state index contributed by atoms with van der Waals surface area (Å²) in [6.07, 6.45) is -0.0720. The van der Waals surface area contributed by atoms with Gasteiger partial charge in [0, 0.05) is 25.5 Å². The third-order valence-electron chi connectivity index (χ3n) is 8.14. The van der Waals surface area contributed by atoms with Gasteiger partial charge in [0.2, 0.25) is 5.91 Å².